The highest BCUT2D eigenvalue weighted by molar-refractivity contribution is 5.94. The summed E-state index contributed by atoms with van der Waals surface area (Å²) in [7, 11) is 0. The molecule has 0 saturated heterocycles. The van der Waals surface area contributed by atoms with Crippen molar-refractivity contribution in [3.63, 3.8) is 0 Å². The van der Waals surface area contributed by atoms with Gasteiger partial charge in [-0.2, -0.15) is 0 Å². The standard InChI is InChI=1S/C20H25F3N2O6/c1-19(2)16-7-11-6-14(24-17(27)4-3-5-30-20(22,23)29)13(21)8-15(11)25(16)9-12(10-26)31-18(19)28/h6-8,12,18,26,28-29H,3-5,9-10H2,1-2H3,(H,24,27)/t12-,18?/m1/s1. The predicted octanol–water partition coefficient (Wildman–Crippen LogP) is 2.05. The molecule has 0 saturated carbocycles. The molecule has 4 N–H and O–H groups in total. The molecule has 31 heavy (non-hydrogen) atoms. The molecule has 1 unspecified atom stereocenters. The Labute approximate surface area is 176 Å². The third-order valence-electron chi connectivity index (χ3n) is 5.28. The fourth-order valence-electron chi connectivity index (χ4n) is 3.58. The van der Waals surface area contributed by atoms with E-state index < -0.39 is 42.4 Å². The number of fused-ring (bicyclic) bond motifs is 3. The van der Waals surface area contributed by atoms with E-state index in [1.165, 1.54) is 12.1 Å². The van der Waals surface area contributed by atoms with Crippen LogP contribution in [0.4, 0.5) is 18.9 Å². The predicted molar refractivity (Wildman–Crippen MR) is 104 cm³/mol. The smallest absolute Gasteiger partial charge is 0.394 e. The molecular weight excluding hydrogens is 421 g/mol. The minimum Gasteiger partial charge on any atom is -0.394 e. The first-order chi connectivity index (χ1) is 14.4. The van der Waals surface area contributed by atoms with E-state index in [1.54, 1.807) is 24.5 Å². The molecule has 172 valence electrons. The van der Waals surface area contributed by atoms with Crippen molar-refractivity contribution in [3.05, 3.63) is 29.7 Å². The number of halogens is 3. The van der Waals surface area contributed by atoms with Gasteiger partial charge in [0.1, 0.15) is 11.9 Å². The lowest BCUT2D eigenvalue weighted by Gasteiger charge is -2.29. The molecule has 3 rings (SSSR count). The van der Waals surface area contributed by atoms with Crippen molar-refractivity contribution < 1.29 is 42.8 Å². The van der Waals surface area contributed by atoms with Crippen molar-refractivity contribution in [2.45, 2.75) is 57.3 Å². The highest BCUT2D eigenvalue weighted by atomic mass is 19.3. The lowest BCUT2D eigenvalue weighted by molar-refractivity contribution is -0.371. The zero-order valence-corrected chi connectivity index (χ0v) is 17.1. The maximum atomic E-state index is 14.7. The van der Waals surface area contributed by atoms with Gasteiger partial charge in [0.25, 0.3) is 0 Å². The molecule has 1 aliphatic rings. The Hall–Kier alpha value is -2.18. The van der Waals surface area contributed by atoms with E-state index in [-0.39, 0.29) is 31.7 Å². The van der Waals surface area contributed by atoms with Crippen LogP contribution in [0.2, 0.25) is 0 Å². The summed E-state index contributed by atoms with van der Waals surface area (Å²) in [5.41, 5.74) is 0.251. The van der Waals surface area contributed by atoms with Crippen molar-refractivity contribution in [1.29, 1.82) is 0 Å². The monoisotopic (exact) mass is 446 g/mol. The maximum absolute atomic E-state index is 14.7. The van der Waals surface area contributed by atoms with Gasteiger partial charge in [-0.05, 0) is 32.4 Å². The molecule has 11 heteroatoms. The molecule has 2 aromatic rings. The maximum Gasteiger partial charge on any atom is 0.482 e. The van der Waals surface area contributed by atoms with Crippen LogP contribution in [0.3, 0.4) is 0 Å². The summed E-state index contributed by atoms with van der Waals surface area (Å²) in [6.07, 6.45) is -6.44. The van der Waals surface area contributed by atoms with Gasteiger partial charge in [-0.15, -0.1) is 8.78 Å². The molecular formula is C20H25F3N2O6. The molecule has 0 fully saturated rings. The van der Waals surface area contributed by atoms with Crippen molar-refractivity contribution in [2.24, 2.45) is 0 Å². The number of alkyl halides is 2. The van der Waals surface area contributed by atoms with Crippen LogP contribution in [-0.2, 0) is 26.2 Å². The Morgan fingerprint density at radius 3 is 2.74 bits per heavy atom. The SMILES string of the molecule is CC1(C)c2cc3cc(NC(=O)CCCOC(O)(F)F)c(F)cc3n2C[C@H](CO)OC1O. The van der Waals surface area contributed by atoms with E-state index in [0.29, 0.717) is 16.6 Å². The zero-order valence-electron chi connectivity index (χ0n) is 17.1. The summed E-state index contributed by atoms with van der Waals surface area (Å²) in [6, 6.07) is 4.44. The van der Waals surface area contributed by atoms with Crippen LogP contribution in [-0.4, -0.2) is 57.7 Å². The number of nitrogens with zero attached hydrogens (tertiary/aromatic N) is 1. The number of rotatable bonds is 7. The highest BCUT2D eigenvalue weighted by Gasteiger charge is 2.39. The van der Waals surface area contributed by atoms with Crippen LogP contribution in [0.5, 0.6) is 0 Å². The van der Waals surface area contributed by atoms with Crippen molar-refractivity contribution in [1.82, 2.24) is 4.57 Å². The molecule has 0 spiro atoms. The Balaban J connectivity index is 1.82. The summed E-state index contributed by atoms with van der Waals surface area (Å²) in [5, 5.41) is 31.1. The normalized spacial score (nSPS) is 21.0. The minimum absolute atomic E-state index is 0.0834. The van der Waals surface area contributed by atoms with E-state index in [1.807, 2.05) is 0 Å². The van der Waals surface area contributed by atoms with Crippen molar-refractivity contribution in [2.75, 3.05) is 18.5 Å². The molecule has 0 radical (unpaired) electrons. The number of aliphatic hydroxyl groups excluding tert-OH is 2. The number of aromatic nitrogens is 1. The first kappa shape index (κ1) is 23.5. The van der Waals surface area contributed by atoms with Crippen LogP contribution >= 0.6 is 0 Å². The van der Waals surface area contributed by atoms with E-state index in [0.717, 1.165) is 0 Å². The van der Waals surface area contributed by atoms with E-state index >= 15 is 0 Å². The molecule has 0 aliphatic carbocycles. The zero-order chi connectivity index (χ0) is 23.0. The molecule has 2 atom stereocenters. The van der Waals surface area contributed by atoms with Gasteiger partial charge < -0.3 is 29.9 Å². The van der Waals surface area contributed by atoms with Crippen LogP contribution < -0.4 is 5.32 Å². The second-order valence-corrected chi connectivity index (χ2v) is 8.03. The highest BCUT2D eigenvalue weighted by Crippen LogP contribution is 2.37. The minimum atomic E-state index is -4.26. The molecule has 1 amide bonds. The molecule has 2 heterocycles. The Bertz CT molecular complexity index is 957. The fraction of sp³-hybridized carbons (Fsp3) is 0.550. The largest absolute Gasteiger partial charge is 0.482 e. The molecule has 1 aromatic heterocycles. The van der Waals surface area contributed by atoms with Gasteiger partial charge in [0, 0.05) is 23.6 Å². The van der Waals surface area contributed by atoms with Crippen molar-refractivity contribution >= 4 is 22.5 Å². The Morgan fingerprint density at radius 1 is 1.39 bits per heavy atom. The number of benzene rings is 1. The Morgan fingerprint density at radius 2 is 2.10 bits per heavy atom. The Kier molecular flexibility index (Phi) is 6.63. The number of amides is 1. The van der Waals surface area contributed by atoms with Gasteiger partial charge in [-0.25, -0.2) is 4.39 Å². The van der Waals surface area contributed by atoms with Crippen LogP contribution in [0.15, 0.2) is 18.2 Å². The topological polar surface area (TPSA) is 113 Å². The van der Waals surface area contributed by atoms with Gasteiger partial charge in [-0.3, -0.25) is 9.53 Å². The first-order valence-electron chi connectivity index (χ1n) is 9.74. The number of hydrogen-bond donors (Lipinski definition) is 4. The quantitative estimate of drug-likeness (QED) is 0.383. The van der Waals surface area contributed by atoms with Crippen LogP contribution in [0.1, 0.15) is 32.4 Å². The second kappa shape index (κ2) is 8.75. The van der Waals surface area contributed by atoms with Gasteiger partial charge in [0.15, 0.2) is 6.29 Å². The van der Waals surface area contributed by atoms with Gasteiger partial charge in [0.2, 0.25) is 5.91 Å². The molecule has 1 aliphatic heterocycles. The summed E-state index contributed by atoms with van der Waals surface area (Å²) in [6.45, 7) is 2.86. The molecule has 1 aromatic carbocycles. The van der Waals surface area contributed by atoms with Gasteiger partial charge >= 0.3 is 6.29 Å². The number of aliphatic hydroxyl groups is 3. The summed E-state index contributed by atoms with van der Waals surface area (Å²) in [4.78, 5) is 12.0. The summed E-state index contributed by atoms with van der Waals surface area (Å²) in [5.74, 6) is -1.31. The summed E-state index contributed by atoms with van der Waals surface area (Å²) < 4.78 is 50.2. The number of hydrogen-bond acceptors (Lipinski definition) is 6. The van der Waals surface area contributed by atoms with E-state index in [9.17, 15) is 28.2 Å². The average molecular weight is 446 g/mol. The van der Waals surface area contributed by atoms with E-state index in [4.69, 9.17) is 9.84 Å². The number of anilines is 1. The third kappa shape index (κ3) is 5.18. The molecule has 8 nitrogen and oxygen atoms in total. The first-order valence-corrected chi connectivity index (χ1v) is 9.74. The molecule has 0 bridgehead atoms. The average Bonchev–Trinajstić information content (AvgIpc) is 2.97. The number of carbonyl (C=O) groups excluding carboxylic acids is 1. The van der Waals surface area contributed by atoms with Crippen LogP contribution in [0.25, 0.3) is 10.9 Å². The van der Waals surface area contributed by atoms with Crippen LogP contribution in [0, 0.1) is 5.82 Å². The third-order valence-corrected chi connectivity index (χ3v) is 5.28. The number of ether oxygens (including phenoxy) is 2. The number of carbonyl (C=O) groups is 1. The van der Waals surface area contributed by atoms with Gasteiger partial charge in [0.05, 0.1) is 36.4 Å². The second-order valence-electron chi connectivity index (χ2n) is 8.03. The lowest BCUT2D eigenvalue weighted by atomic mass is 9.88. The fourth-order valence-corrected chi connectivity index (χ4v) is 3.58. The lowest BCUT2D eigenvalue weighted by Crippen LogP contribution is -2.37. The van der Waals surface area contributed by atoms with Gasteiger partial charge in [-0.1, -0.05) is 0 Å². The number of nitrogens with one attached hydrogen (secondary N) is 1. The van der Waals surface area contributed by atoms with Crippen molar-refractivity contribution in [3.8, 4) is 0 Å². The summed E-state index contributed by atoms with van der Waals surface area (Å²) >= 11 is 0. The van der Waals surface area contributed by atoms with E-state index in [2.05, 4.69) is 10.1 Å².